The standard InChI is InChI=1S/C19H17ClN2O5/c1-27-16-7-6-13(9-14(16)20)22-17(23)10-15(19(22)26)21-12-4-2-11(3-5-12)8-18(24)25/h2-7,9,15,21H,8,10H2,1H3,(H,24,25)/t15-/m0/s1. The van der Waals surface area contributed by atoms with Crippen molar-refractivity contribution in [3.05, 3.63) is 53.1 Å². The number of halogens is 1. The minimum Gasteiger partial charge on any atom is -0.495 e. The van der Waals surface area contributed by atoms with Gasteiger partial charge in [-0.1, -0.05) is 23.7 Å². The molecule has 2 aromatic carbocycles. The van der Waals surface area contributed by atoms with Gasteiger partial charge in [-0.2, -0.15) is 0 Å². The molecule has 1 heterocycles. The van der Waals surface area contributed by atoms with E-state index in [1.54, 1.807) is 36.4 Å². The minimum atomic E-state index is -0.916. The van der Waals surface area contributed by atoms with Crippen LogP contribution in [0.15, 0.2) is 42.5 Å². The predicted molar refractivity (Wildman–Crippen MR) is 100 cm³/mol. The summed E-state index contributed by atoms with van der Waals surface area (Å²) in [6, 6.07) is 10.7. The average molecular weight is 389 g/mol. The van der Waals surface area contributed by atoms with Crippen molar-refractivity contribution in [1.82, 2.24) is 0 Å². The van der Waals surface area contributed by atoms with Gasteiger partial charge < -0.3 is 15.2 Å². The highest BCUT2D eigenvalue weighted by atomic mass is 35.5. The lowest BCUT2D eigenvalue weighted by Gasteiger charge is -2.17. The van der Waals surface area contributed by atoms with Crippen molar-refractivity contribution in [3.8, 4) is 5.75 Å². The van der Waals surface area contributed by atoms with E-state index >= 15 is 0 Å². The lowest BCUT2D eigenvalue weighted by atomic mass is 10.1. The van der Waals surface area contributed by atoms with Crippen LogP contribution in [0.1, 0.15) is 12.0 Å². The molecule has 0 bridgehead atoms. The number of anilines is 2. The molecule has 0 aromatic heterocycles. The summed E-state index contributed by atoms with van der Waals surface area (Å²) in [6.45, 7) is 0. The number of nitrogens with zero attached hydrogens (tertiary/aromatic N) is 1. The third-order valence-electron chi connectivity index (χ3n) is 4.19. The fourth-order valence-electron chi connectivity index (χ4n) is 2.90. The van der Waals surface area contributed by atoms with Crippen LogP contribution < -0.4 is 15.0 Å². The number of hydrogen-bond donors (Lipinski definition) is 2. The second kappa shape index (κ2) is 7.67. The van der Waals surface area contributed by atoms with E-state index in [1.807, 2.05) is 0 Å². The number of carbonyl (C=O) groups is 3. The molecule has 1 saturated heterocycles. The van der Waals surface area contributed by atoms with Crippen molar-refractivity contribution in [3.63, 3.8) is 0 Å². The normalized spacial score (nSPS) is 16.5. The van der Waals surface area contributed by atoms with E-state index in [-0.39, 0.29) is 24.7 Å². The number of amides is 2. The number of carbonyl (C=O) groups excluding carboxylic acids is 2. The van der Waals surface area contributed by atoms with E-state index in [0.717, 1.165) is 4.90 Å². The Balaban J connectivity index is 1.74. The molecular weight excluding hydrogens is 372 g/mol. The van der Waals surface area contributed by atoms with Crippen molar-refractivity contribution in [2.24, 2.45) is 0 Å². The molecule has 140 valence electrons. The maximum Gasteiger partial charge on any atom is 0.307 e. The van der Waals surface area contributed by atoms with Gasteiger partial charge in [0.05, 0.1) is 30.7 Å². The molecule has 2 N–H and O–H groups in total. The zero-order valence-corrected chi connectivity index (χ0v) is 15.2. The number of hydrogen-bond acceptors (Lipinski definition) is 5. The summed E-state index contributed by atoms with van der Waals surface area (Å²) in [5.41, 5.74) is 1.66. The van der Waals surface area contributed by atoms with Gasteiger partial charge in [-0.25, -0.2) is 4.90 Å². The van der Waals surface area contributed by atoms with Crippen LogP contribution in [-0.4, -0.2) is 36.0 Å². The third kappa shape index (κ3) is 4.03. The maximum atomic E-state index is 12.7. The number of carboxylic acid groups (broad SMARTS) is 1. The fourth-order valence-corrected chi connectivity index (χ4v) is 3.16. The van der Waals surface area contributed by atoms with Gasteiger partial charge in [0.15, 0.2) is 0 Å². The first-order valence-electron chi connectivity index (χ1n) is 8.16. The number of imide groups is 1. The van der Waals surface area contributed by atoms with E-state index in [2.05, 4.69) is 5.32 Å². The highest BCUT2D eigenvalue weighted by molar-refractivity contribution is 6.33. The molecule has 0 saturated carbocycles. The smallest absolute Gasteiger partial charge is 0.307 e. The number of benzene rings is 2. The Bertz CT molecular complexity index is 897. The van der Waals surface area contributed by atoms with Crippen LogP contribution in [0, 0.1) is 0 Å². The lowest BCUT2D eigenvalue weighted by molar-refractivity contribution is -0.136. The fraction of sp³-hybridized carbons (Fsp3) is 0.211. The Labute approximate surface area is 160 Å². The molecular formula is C19H17ClN2O5. The number of rotatable bonds is 6. The third-order valence-corrected chi connectivity index (χ3v) is 4.49. The van der Waals surface area contributed by atoms with Crippen LogP contribution in [0.2, 0.25) is 5.02 Å². The monoisotopic (exact) mass is 388 g/mol. The van der Waals surface area contributed by atoms with Crippen molar-refractivity contribution in [2.45, 2.75) is 18.9 Å². The van der Waals surface area contributed by atoms with Crippen LogP contribution >= 0.6 is 11.6 Å². The molecule has 2 aromatic rings. The number of nitrogens with one attached hydrogen (secondary N) is 1. The minimum absolute atomic E-state index is 0.0133. The Hall–Kier alpha value is -3.06. The van der Waals surface area contributed by atoms with Gasteiger partial charge >= 0.3 is 5.97 Å². The molecule has 27 heavy (non-hydrogen) atoms. The molecule has 0 aliphatic carbocycles. The lowest BCUT2D eigenvalue weighted by Crippen LogP contribution is -2.34. The molecule has 0 radical (unpaired) electrons. The van der Waals surface area contributed by atoms with Crippen LogP contribution in [0.25, 0.3) is 0 Å². The molecule has 1 atom stereocenters. The Kier molecular flexibility index (Phi) is 5.32. The second-order valence-corrected chi connectivity index (χ2v) is 6.46. The Morgan fingerprint density at radius 2 is 1.96 bits per heavy atom. The van der Waals surface area contributed by atoms with Gasteiger partial charge in [0.25, 0.3) is 5.91 Å². The summed E-state index contributed by atoms with van der Waals surface area (Å²) in [4.78, 5) is 36.9. The summed E-state index contributed by atoms with van der Waals surface area (Å²) in [6.07, 6.45) is -0.0630. The van der Waals surface area contributed by atoms with E-state index in [9.17, 15) is 14.4 Å². The van der Waals surface area contributed by atoms with Crippen LogP contribution in [0.4, 0.5) is 11.4 Å². The summed E-state index contributed by atoms with van der Waals surface area (Å²) >= 11 is 6.09. The molecule has 1 fully saturated rings. The van der Waals surface area contributed by atoms with Gasteiger partial charge in [0.1, 0.15) is 11.8 Å². The van der Waals surface area contributed by atoms with Crippen molar-refractivity contribution >= 4 is 40.8 Å². The summed E-state index contributed by atoms with van der Waals surface area (Å²) in [7, 11) is 1.48. The van der Waals surface area contributed by atoms with Gasteiger partial charge in [0, 0.05) is 5.69 Å². The predicted octanol–water partition coefficient (Wildman–Crippen LogP) is 2.72. The van der Waals surface area contributed by atoms with E-state index in [4.69, 9.17) is 21.4 Å². The van der Waals surface area contributed by atoms with Crippen molar-refractivity contribution in [1.29, 1.82) is 0 Å². The number of aliphatic carboxylic acids is 1. The quantitative estimate of drug-likeness (QED) is 0.739. The van der Waals surface area contributed by atoms with Gasteiger partial charge in [-0.15, -0.1) is 0 Å². The molecule has 7 nitrogen and oxygen atoms in total. The average Bonchev–Trinajstić information content (AvgIpc) is 2.89. The first-order valence-corrected chi connectivity index (χ1v) is 8.54. The van der Waals surface area contributed by atoms with Crippen LogP contribution in [0.5, 0.6) is 5.75 Å². The second-order valence-electron chi connectivity index (χ2n) is 6.05. The summed E-state index contributed by atoms with van der Waals surface area (Å²) in [5.74, 6) is -1.17. The molecule has 8 heteroatoms. The van der Waals surface area contributed by atoms with E-state index in [0.29, 0.717) is 27.7 Å². The van der Waals surface area contributed by atoms with Gasteiger partial charge in [-0.05, 0) is 35.9 Å². The van der Waals surface area contributed by atoms with Crippen molar-refractivity contribution in [2.75, 3.05) is 17.3 Å². The number of methoxy groups -OCH3 is 1. The highest BCUT2D eigenvalue weighted by Gasteiger charge is 2.39. The topological polar surface area (TPSA) is 95.9 Å². The first kappa shape index (κ1) is 18.7. The van der Waals surface area contributed by atoms with Gasteiger partial charge in [-0.3, -0.25) is 14.4 Å². The number of ether oxygens (including phenoxy) is 1. The summed E-state index contributed by atoms with van der Waals surface area (Å²) < 4.78 is 5.08. The van der Waals surface area contributed by atoms with E-state index < -0.39 is 12.0 Å². The largest absolute Gasteiger partial charge is 0.495 e. The summed E-state index contributed by atoms with van der Waals surface area (Å²) in [5, 5.41) is 12.1. The zero-order valence-electron chi connectivity index (χ0n) is 14.4. The SMILES string of the molecule is COc1ccc(N2C(=O)C[C@H](Nc3ccc(CC(=O)O)cc3)C2=O)cc1Cl. The maximum absolute atomic E-state index is 12.7. The molecule has 1 aliphatic rings. The van der Waals surface area contributed by atoms with Crippen molar-refractivity contribution < 1.29 is 24.2 Å². The number of carboxylic acids is 1. The molecule has 0 unspecified atom stereocenters. The first-order chi connectivity index (χ1) is 12.9. The van der Waals surface area contributed by atoms with Gasteiger partial charge in [0.2, 0.25) is 5.91 Å². The van der Waals surface area contributed by atoms with Crippen LogP contribution in [0.3, 0.4) is 0 Å². The Morgan fingerprint density at radius 3 is 2.56 bits per heavy atom. The van der Waals surface area contributed by atoms with E-state index in [1.165, 1.54) is 13.2 Å². The molecule has 3 rings (SSSR count). The molecule has 1 aliphatic heterocycles. The Morgan fingerprint density at radius 1 is 1.26 bits per heavy atom. The zero-order chi connectivity index (χ0) is 19.6. The highest BCUT2D eigenvalue weighted by Crippen LogP contribution is 2.32. The molecule has 0 spiro atoms. The van der Waals surface area contributed by atoms with Crippen LogP contribution in [-0.2, 0) is 20.8 Å². The molecule has 2 amide bonds.